The van der Waals surface area contributed by atoms with Gasteiger partial charge in [0, 0.05) is 18.8 Å². The van der Waals surface area contributed by atoms with Crippen LogP contribution in [0, 0.1) is 11.3 Å². The maximum atomic E-state index is 12.4. The van der Waals surface area contributed by atoms with Crippen molar-refractivity contribution in [2.75, 3.05) is 24.7 Å². The van der Waals surface area contributed by atoms with Crippen LogP contribution in [0.2, 0.25) is 0 Å². The summed E-state index contributed by atoms with van der Waals surface area (Å²) in [5.74, 6) is 2.18. The van der Waals surface area contributed by atoms with Gasteiger partial charge in [0.1, 0.15) is 6.29 Å². The van der Waals surface area contributed by atoms with Gasteiger partial charge in [-0.3, -0.25) is 0 Å². The summed E-state index contributed by atoms with van der Waals surface area (Å²) in [7, 11) is 0. The van der Waals surface area contributed by atoms with Gasteiger partial charge in [0.05, 0.1) is 34.4 Å². The van der Waals surface area contributed by atoms with Gasteiger partial charge in [-0.2, -0.15) is 0 Å². The lowest BCUT2D eigenvalue weighted by Gasteiger charge is -2.47. The van der Waals surface area contributed by atoms with Crippen LogP contribution >= 0.6 is 23.5 Å². The van der Waals surface area contributed by atoms with Crippen molar-refractivity contribution in [2.45, 2.75) is 67.0 Å². The molecule has 4 nitrogen and oxygen atoms in total. The second kappa shape index (κ2) is 5.38. The molecule has 4 atom stereocenters. The number of carbonyl (C=O) groups excluding carboxylic acids is 1. The Morgan fingerprint density at radius 1 is 1.04 bits per heavy atom. The number of hydrogen-bond donors (Lipinski definition) is 0. The first-order valence-corrected chi connectivity index (χ1v) is 11.2. The molecule has 5 aliphatic rings. The summed E-state index contributed by atoms with van der Waals surface area (Å²) in [6.45, 7) is 3.55. The van der Waals surface area contributed by atoms with Crippen LogP contribution in [0.15, 0.2) is 0 Å². The van der Waals surface area contributed by atoms with Crippen molar-refractivity contribution in [1.29, 1.82) is 0 Å². The van der Waals surface area contributed by atoms with Crippen LogP contribution in [0.4, 0.5) is 0 Å². The third kappa shape index (κ3) is 1.98. The third-order valence-electron chi connectivity index (χ3n) is 7.24. The van der Waals surface area contributed by atoms with E-state index in [9.17, 15) is 4.79 Å². The number of carbonyl (C=O) groups is 1. The van der Waals surface area contributed by atoms with Gasteiger partial charge < -0.3 is 19.0 Å². The monoisotopic (exact) mass is 370 g/mol. The molecule has 0 amide bonds. The molecule has 0 radical (unpaired) electrons. The lowest BCUT2D eigenvalue weighted by atomic mass is 9.58. The fourth-order valence-electron chi connectivity index (χ4n) is 5.88. The van der Waals surface area contributed by atoms with Gasteiger partial charge in [-0.1, -0.05) is 0 Å². The average Bonchev–Trinajstić information content (AvgIpc) is 3.14. The summed E-state index contributed by atoms with van der Waals surface area (Å²) < 4.78 is 18.9. The summed E-state index contributed by atoms with van der Waals surface area (Å²) in [6, 6.07) is 0. The van der Waals surface area contributed by atoms with Gasteiger partial charge in [-0.05, 0) is 44.1 Å². The van der Waals surface area contributed by atoms with Gasteiger partial charge in [-0.15, -0.1) is 23.5 Å². The normalized spacial score (nSPS) is 48.5. The van der Waals surface area contributed by atoms with Crippen molar-refractivity contribution < 1.29 is 19.0 Å². The number of aldehydes is 1. The molecule has 0 aromatic rings. The SMILES string of the molecule is C[C@@]12CCC3(SCCCS3)[C@@H](O1)[C@@H]1CC3(CC[C@@]12C=O)OCCO3. The molecule has 1 aliphatic carbocycles. The predicted molar refractivity (Wildman–Crippen MR) is 95.2 cm³/mol. The van der Waals surface area contributed by atoms with E-state index < -0.39 is 5.79 Å². The molecule has 4 saturated heterocycles. The maximum Gasteiger partial charge on any atom is 0.168 e. The van der Waals surface area contributed by atoms with Crippen molar-refractivity contribution in [2.24, 2.45) is 11.3 Å². The molecule has 0 aromatic carbocycles. The number of ether oxygens (including phenoxy) is 3. The van der Waals surface area contributed by atoms with Crippen LogP contribution in [-0.2, 0) is 19.0 Å². The third-order valence-corrected chi connectivity index (χ3v) is 10.8. The van der Waals surface area contributed by atoms with E-state index in [0.29, 0.717) is 13.2 Å². The largest absolute Gasteiger partial charge is 0.368 e. The molecular formula is C18H26O4S2. The van der Waals surface area contributed by atoms with Gasteiger partial charge in [0.25, 0.3) is 0 Å². The standard InChI is InChI=1S/C18H26O4S2/c1-15-3-6-18(23-9-2-10-24-18)14(22-15)13-11-17(20-7-8-21-17)5-4-16(13,15)12-19/h12-14H,2-11H2,1H3/t13-,14-,15-,16+/m0/s1. The first-order valence-electron chi connectivity index (χ1n) is 9.27. The fraction of sp³-hybridized carbons (Fsp3) is 0.944. The highest BCUT2D eigenvalue weighted by Gasteiger charge is 2.73. The van der Waals surface area contributed by atoms with E-state index in [2.05, 4.69) is 30.4 Å². The Kier molecular flexibility index (Phi) is 3.68. The van der Waals surface area contributed by atoms with Gasteiger partial charge >= 0.3 is 0 Å². The van der Waals surface area contributed by atoms with Gasteiger partial charge in [0.15, 0.2) is 5.79 Å². The van der Waals surface area contributed by atoms with Crippen LogP contribution < -0.4 is 0 Å². The highest BCUT2D eigenvalue weighted by atomic mass is 32.2. The summed E-state index contributed by atoms with van der Waals surface area (Å²) >= 11 is 4.16. The number of fused-ring (bicyclic) bond motifs is 6. The molecule has 0 unspecified atom stereocenters. The van der Waals surface area contributed by atoms with E-state index in [1.54, 1.807) is 0 Å². The molecular weight excluding hydrogens is 344 g/mol. The van der Waals surface area contributed by atoms with Crippen LogP contribution in [0.25, 0.3) is 0 Å². The molecule has 4 aliphatic heterocycles. The summed E-state index contributed by atoms with van der Waals surface area (Å²) in [5, 5.41) is 0. The van der Waals surface area contributed by atoms with Crippen LogP contribution in [0.3, 0.4) is 0 Å². The minimum absolute atomic E-state index is 0.129. The lowest BCUT2D eigenvalue weighted by molar-refractivity contribution is -0.206. The van der Waals surface area contributed by atoms with Crippen molar-refractivity contribution in [3.05, 3.63) is 0 Å². The second-order valence-electron chi connectivity index (χ2n) is 8.21. The van der Waals surface area contributed by atoms with Crippen molar-refractivity contribution in [1.82, 2.24) is 0 Å². The quantitative estimate of drug-likeness (QED) is 0.661. The van der Waals surface area contributed by atoms with Crippen LogP contribution in [0.5, 0.6) is 0 Å². The Morgan fingerprint density at radius 2 is 1.79 bits per heavy atom. The zero-order chi connectivity index (χ0) is 16.5. The molecule has 4 heterocycles. The lowest BCUT2D eigenvalue weighted by Crippen LogP contribution is -2.53. The van der Waals surface area contributed by atoms with E-state index in [1.165, 1.54) is 24.2 Å². The van der Waals surface area contributed by atoms with Gasteiger partial charge in [-0.25, -0.2) is 0 Å². The van der Waals surface area contributed by atoms with E-state index in [1.807, 2.05) is 0 Å². The Balaban J connectivity index is 1.56. The minimum Gasteiger partial charge on any atom is -0.368 e. The molecule has 6 heteroatoms. The molecule has 0 N–H and O–H groups in total. The molecule has 24 heavy (non-hydrogen) atoms. The molecule has 5 fully saturated rings. The molecule has 1 saturated carbocycles. The van der Waals surface area contributed by atoms with Gasteiger partial charge in [0.2, 0.25) is 0 Å². The molecule has 2 bridgehead atoms. The van der Waals surface area contributed by atoms with Crippen LogP contribution in [-0.4, -0.2) is 52.6 Å². The molecule has 5 rings (SSSR count). The summed E-state index contributed by atoms with van der Waals surface area (Å²) in [5.41, 5.74) is -0.672. The number of hydrogen-bond acceptors (Lipinski definition) is 6. The zero-order valence-electron chi connectivity index (χ0n) is 14.3. The molecule has 0 aromatic heterocycles. The van der Waals surface area contributed by atoms with E-state index in [0.717, 1.165) is 32.1 Å². The highest BCUT2D eigenvalue weighted by molar-refractivity contribution is 8.18. The number of rotatable bonds is 1. The highest BCUT2D eigenvalue weighted by Crippen LogP contribution is 2.69. The summed E-state index contributed by atoms with van der Waals surface area (Å²) in [4.78, 5) is 12.4. The maximum absolute atomic E-state index is 12.4. The topological polar surface area (TPSA) is 44.8 Å². The first kappa shape index (κ1) is 16.4. The minimum atomic E-state index is -0.459. The van der Waals surface area contributed by atoms with Crippen molar-refractivity contribution >= 4 is 29.8 Å². The average molecular weight is 371 g/mol. The Bertz CT molecular complexity index is 543. The van der Waals surface area contributed by atoms with E-state index in [-0.39, 0.29) is 27.1 Å². The Labute approximate surface area is 152 Å². The molecule has 134 valence electrons. The second-order valence-corrected chi connectivity index (χ2v) is 11.3. The predicted octanol–water partition coefficient (Wildman–Crippen LogP) is 3.23. The fourth-order valence-corrected chi connectivity index (χ4v) is 9.41. The Hall–Kier alpha value is 0.250. The van der Waals surface area contributed by atoms with Crippen LogP contribution in [0.1, 0.15) is 45.4 Å². The van der Waals surface area contributed by atoms with E-state index >= 15 is 0 Å². The smallest absolute Gasteiger partial charge is 0.168 e. The summed E-state index contributed by atoms with van der Waals surface area (Å²) in [6.07, 6.45) is 7.28. The zero-order valence-corrected chi connectivity index (χ0v) is 15.9. The van der Waals surface area contributed by atoms with Crippen molar-refractivity contribution in [3.8, 4) is 0 Å². The first-order chi connectivity index (χ1) is 11.6. The molecule has 2 spiro atoms. The number of thioether (sulfide) groups is 2. The van der Waals surface area contributed by atoms with E-state index in [4.69, 9.17) is 14.2 Å². The Morgan fingerprint density at radius 3 is 2.50 bits per heavy atom. The van der Waals surface area contributed by atoms with Crippen molar-refractivity contribution in [3.63, 3.8) is 0 Å².